The van der Waals surface area contributed by atoms with Crippen molar-refractivity contribution >= 4 is 11.9 Å². The van der Waals surface area contributed by atoms with Crippen molar-refractivity contribution in [2.24, 2.45) is 5.92 Å². The van der Waals surface area contributed by atoms with E-state index in [-0.39, 0.29) is 11.9 Å². The maximum atomic E-state index is 12.3. The summed E-state index contributed by atoms with van der Waals surface area (Å²) in [6.07, 6.45) is 3.60. The maximum Gasteiger partial charge on any atom is 0.339 e. The standard InChI is InChI=1S/C19H25NO5/c1-12-5-3-4-6-15(12)20-18(21)13(2)25-19(22)14-7-8-16-17(11-14)24-10-9-23-16/h7-8,11-13,15H,3-6,9-10H2,1-2H3,(H,20,21)/t12-,13-,15-/m1/s1. The van der Waals surface area contributed by atoms with E-state index in [2.05, 4.69) is 12.2 Å². The molecule has 0 radical (unpaired) electrons. The van der Waals surface area contributed by atoms with Gasteiger partial charge in [-0.2, -0.15) is 0 Å². The average molecular weight is 347 g/mol. The Balaban J connectivity index is 1.57. The second-order valence-electron chi connectivity index (χ2n) is 6.78. The van der Waals surface area contributed by atoms with Crippen LogP contribution in [0.4, 0.5) is 0 Å². The molecule has 1 heterocycles. The Kier molecular flexibility index (Phi) is 5.46. The fourth-order valence-electron chi connectivity index (χ4n) is 3.28. The lowest BCUT2D eigenvalue weighted by Gasteiger charge is -2.30. The van der Waals surface area contributed by atoms with Gasteiger partial charge in [0.15, 0.2) is 17.6 Å². The number of fused-ring (bicyclic) bond motifs is 1. The van der Waals surface area contributed by atoms with Crippen molar-refractivity contribution in [3.05, 3.63) is 23.8 Å². The second-order valence-corrected chi connectivity index (χ2v) is 6.78. The predicted octanol–water partition coefficient (Wildman–Crippen LogP) is 2.70. The summed E-state index contributed by atoms with van der Waals surface area (Å²) in [4.78, 5) is 24.6. The van der Waals surface area contributed by atoms with Gasteiger partial charge in [-0.15, -0.1) is 0 Å². The van der Waals surface area contributed by atoms with Gasteiger partial charge in [0.1, 0.15) is 13.2 Å². The molecule has 1 aliphatic carbocycles. The highest BCUT2D eigenvalue weighted by Crippen LogP contribution is 2.31. The molecule has 25 heavy (non-hydrogen) atoms. The van der Waals surface area contributed by atoms with E-state index in [4.69, 9.17) is 14.2 Å². The van der Waals surface area contributed by atoms with E-state index in [1.54, 1.807) is 25.1 Å². The topological polar surface area (TPSA) is 73.9 Å². The van der Waals surface area contributed by atoms with Crippen molar-refractivity contribution in [3.63, 3.8) is 0 Å². The minimum absolute atomic E-state index is 0.164. The molecule has 3 atom stereocenters. The lowest BCUT2D eigenvalue weighted by molar-refractivity contribution is -0.130. The van der Waals surface area contributed by atoms with Gasteiger partial charge in [0.05, 0.1) is 5.56 Å². The highest BCUT2D eigenvalue weighted by atomic mass is 16.6. The Morgan fingerprint density at radius 2 is 1.88 bits per heavy atom. The molecule has 1 saturated carbocycles. The Morgan fingerprint density at radius 3 is 2.64 bits per heavy atom. The average Bonchev–Trinajstić information content (AvgIpc) is 2.63. The minimum atomic E-state index is -0.838. The van der Waals surface area contributed by atoms with Crippen molar-refractivity contribution in [1.29, 1.82) is 0 Å². The van der Waals surface area contributed by atoms with Crippen LogP contribution in [0.15, 0.2) is 18.2 Å². The van der Waals surface area contributed by atoms with E-state index in [0.29, 0.717) is 36.2 Å². The largest absolute Gasteiger partial charge is 0.486 e. The van der Waals surface area contributed by atoms with E-state index in [9.17, 15) is 9.59 Å². The van der Waals surface area contributed by atoms with Crippen molar-refractivity contribution in [2.45, 2.75) is 51.7 Å². The zero-order valence-corrected chi connectivity index (χ0v) is 14.7. The van der Waals surface area contributed by atoms with Crippen LogP contribution >= 0.6 is 0 Å². The Bertz CT molecular complexity index is 645. The van der Waals surface area contributed by atoms with Gasteiger partial charge in [-0.3, -0.25) is 4.79 Å². The van der Waals surface area contributed by atoms with E-state index >= 15 is 0 Å². The Hall–Kier alpha value is -2.24. The fraction of sp³-hybridized carbons (Fsp3) is 0.579. The van der Waals surface area contributed by atoms with Crippen LogP contribution in [-0.2, 0) is 9.53 Å². The van der Waals surface area contributed by atoms with Gasteiger partial charge in [0.2, 0.25) is 0 Å². The molecule has 1 aromatic rings. The van der Waals surface area contributed by atoms with Crippen LogP contribution in [0.3, 0.4) is 0 Å². The number of ether oxygens (including phenoxy) is 3. The number of hydrogen-bond acceptors (Lipinski definition) is 5. The van der Waals surface area contributed by atoms with E-state index in [1.165, 1.54) is 6.42 Å². The normalized spacial score (nSPS) is 23.4. The number of hydrogen-bond donors (Lipinski definition) is 1. The molecule has 136 valence electrons. The van der Waals surface area contributed by atoms with Crippen LogP contribution in [0.25, 0.3) is 0 Å². The Labute approximate surface area is 147 Å². The predicted molar refractivity (Wildman–Crippen MR) is 91.9 cm³/mol. The van der Waals surface area contributed by atoms with E-state index < -0.39 is 12.1 Å². The van der Waals surface area contributed by atoms with Gasteiger partial charge >= 0.3 is 5.97 Å². The summed E-state index contributed by atoms with van der Waals surface area (Å²) >= 11 is 0. The van der Waals surface area contributed by atoms with Gasteiger partial charge in [0, 0.05) is 6.04 Å². The molecule has 0 spiro atoms. The molecule has 1 N–H and O–H groups in total. The fourth-order valence-corrected chi connectivity index (χ4v) is 3.28. The molecular weight excluding hydrogens is 322 g/mol. The van der Waals surface area contributed by atoms with Gasteiger partial charge in [-0.05, 0) is 43.9 Å². The quantitative estimate of drug-likeness (QED) is 0.848. The summed E-state index contributed by atoms with van der Waals surface area (Å²) < 4.78 is 16.2. The van der Waals surface area contributed by atoms with Gasteiger partial charge in [0.25, 0.3) is 5.91 Å². The molecular formula is C19H25NO5. The number of esters is 1. The molecule has 6 nitrogen and oxygen atoms in total. The van der Waals surface area contributed by atoms with Crippen LogP contribution in [0.5, 0.6) is 11.5 Å². The molecule has 1 aliphatic heterocycles. The summed E-state index contributed by atoms with van der Waals surface area (Å²) in [7, 11) is 0. The molecule has 1 aromatic carbocycles. The molecule has 0 bridgehead atoms. The van der Waals surface area contributed by atoms with Crippen LogP contribution in [-0.4, -0.2) is 37.2 Å². The number of carbonyl (C=O) groups is 2. The van der Waals surface area contributed by atoms with Crippen molar-refractivity contribution in [2.75, 3.05) is 13.2 Å². The zero-order chi connectivity index (χ0) is 17.8. The van der Waals surface area contributed by atoms with Crippen molar-refractivity contribution < 1.29 is 23.8 Å². The lowest BCUT2D eigenvalue weighted by atomic mass is 9.86. The number of nitrogens with one attached hydrogen (secondary N) is 1. The molecule has 6 heteroatoms. The highest BCUT2D eigenvalue weighted by Gasteiger charge is 2.27. The van der Waals surface area contributed by atoms with E-state index in [0.717, 1.165) is 19.3 Å². The van der Waals surface area contributed by atoms with Gasteiger partial charge in [-0.25, -0.2) is 4.79 Å². The summed E-state index contributed by atoms with van der Waals surface area (Å²) in [5, 5.41) is 3.01. The van der Waals surface area contributed by atoms with Crippen molar-refractivity contribution in [3.8, 4) is 11.5 Å². The Morgan fingerprint density at radius 1 is 1.16 bits per heavy atom. The summed E-state index contributed by atoms with van der Waals surface area (Å²) in [6, 6.07) is 5.05. The van der Waals surface area contributed by atoms with E-state index in [1.807, 2.05) is 0 Å². The van der Waals surface area contributed by atoms with Gasteiger partial charge < -0.3 is 19.5 Å². The van der Waals surface area contributed by atoms with Gasteiger partial charge in [-0.1, -0.05) is 19.8 Å². The second kappa shape index (κ2) is 7.76. The molecule has 0 aromatic heterocycles. The first-order valence-electron chi connectivity index (χ1n) is 8.95. The van der Waals surface area contributed by atoms with Crippen LogP contribution < -0.4 is 14.8 Å². The first kappa shape index (κ1) is 17.6. The maximum absolute atomic E-state index is 12.3. The molecule has 2 aliphatic rings. The summed E-state index contributed by atoms with van der Waals surface area (Å²) in [5.74, 6) is 0.799. The smallest absolute Gasteiger partial charge is 0.339 e. The third-order valence-electron chi connectivity index (χ3n) is 4.87. The first-order chi connectivity index (χ1) is 12.0. The summed E-state index contributed by atoms with van der Waals surface area (Å²) in [5.41, 5.74) is 0.343. The number of benzene rings is 1. The number of amides is 1. The molecule has 1 fully saturated rings. The number of carbonyl (C=O) groups excluding carboxylic acids is 2. The third-order valence-corrected chi connectivity index (χ3v) is 4.87. The monoisotopic (exact) mass is 347 g/mol. The third kappa shape index (κ3) is 4.24. The molecule has 3 rings (SSSR count). The molecule has 0 unspecified atom stereocenters. The van der Waals surface area contributed by atoms with Crippen LogP contribution in [0, 0.1) is 5.92 Å². The zero-order valence-electron chi connectivity index (χ0n) is 14.7. The first-order valence-corrected chi connectivity index (χ1v) is 8.95. The SMILES string of the molecule is C[C@@H]1CCCC[C@H]1NC(=O)[C@@H](C)OC(=O)c1ccc2c(c1)OCCO2. The van der Waals surface area contributed by atoms with Crippen LogP contribution in [0.1, 0.15) is 49.9 Å². The molecule has 0 saturated heterocycles. The lowest BCUT2D eigenvalue weighted by Crippen LogP contribution is -2.45. The van der Waals surface area contributed by atoms with Crippen molar-refractivity contribution in [1.82, 2.24) is 5.32 Å². The highest BCUT2D eigenvalue weighted by molar-refractivity contribution is 5.93. The van der Waals surface area contributed by atoms with Crippen LogP contribution in [0.2, 0.25) is 0 Å². The molecule has 1 amide bonds. The number of rotatable bonds is 4. The minimum Gasteiger partial charge on any atom is -0.486 e. The summed E-state index contributed by atoms with van der Waals surface area (Å²) in [6.45, 7) is 4.69.